The molecule has 1 heterocycles. The van der Waals surface area contributed by atoms with Gasteiger partial charge < -0.3 is 9.84 Å². The van der Waals surface area contributed by atoms with Crippen molar-refractivity contribution in [1.82, 2.24) is 0 Å². The number of aliphatic hydroxyl groups excluding tert-OH is 1. The lowest BCUT2D eigenvalue weighted by molar-refractivity contribution is 0.283. The van der Waals surface area contributed by atoms with Gasteiger partial charge in [0.25, 0.3) is 0 Å². The molecule has 14 heavy (non-hydrogen) atoms. The fourth-order valence-electron chi connectivity index (χ4n) is 1.59. The molecule has 2 aromatic rings. The molecular weight excluding hydrogens is 196 g/mol. The molecule has 0 aliphatic heterocycles. The van der Waals surface area contributed by atoms with E-state index in [2.05, 4.69) is 6.07 Å². The predicted octanol–water partition coefficient (Wildman–Crippen LogP) is 2.71. The van der Waals surface area contributed by atoms with Gasteiger partial charge in [-0.15, -0.1) is 0 Å². The van der Waals surface area contributed by atoms with Gasteiger partial charge in [-0.2, -0.15) is 0 Å². The fourth-order valence-corrected chi connectivity index (χ4v) is 2.55. The summed E-state index contributed by atoms with van der Waals surface area (Å²) in [6.07, 6.45) is 0. The Kier molecular flexibility index (Phi) is 2.44. The zero-order valence-electron chi connectivity index (χ0n) is 8.20. The first-order valence-electron chi connectivity index (χ1n) is 4.42. The molecule has 3 heteroatoms. The van der Waals surface area contributed by atoms with Crippen LogP contribution in [-0.4, -0.2) is 12.2 Å². The molecule has 0 atom stereocenters. The molecule has 2 rings (SSSR count). The van der Waals surface area contributed by atoms with Gasteiger partial charge in [0, 0.05) is 4.70 Å². The highest BCUT2D eigenvalue weighted by Crippen LogP contribution is 2.34. The van der Waals surface area contributed by atoms with Gasteiger partial charge in [0.05, 0.1) is 13.7 Å². The van der Waals surface area contributed by atoms with Gasteiger partial charge in [0.15, 0.2) is 5.06 Å². The van der Waals surface area contributed by atoms with Crippen molar-refractivity contribution in [3.63, 3.8) is 0 Å². The summed E-state index contributed by atoms with van der Waals surface area (Å²) in [5, 5.41) is 11.2. The maximum Gasteiger partial charge on any atom is 0.174 e. The molecule has 0 spiro atoms. The van der Waals surface area contributed by atoms with Gasteiger partial charge >= 0.3 is 0 Å². The van der Waals surface area contributed by atoms with E-state index in [-0.39, 0.29) is 6.61 Å². The van der Waals surface area contributed by atoms with Crippen LogP contribution in [0.5, 0.6) is 5.06 Å². The predicted molar refractivity (Wildman–Crippen MR) is 59.0 cm³/mol. The number of fused-ring (bicyclic) bond motifs is 1. The quantitative estimate of drug-likeness (QED) is 0.822. The highest BCUT2D eigenvalue weighted by atomic mass is 32.1. The Bertz CT molecular complexity index is 460. The minimum Gasteiger partial charge on any atom is -0.487 e. The van der Waals surface area contributed by atoms with Gasteiger partial charge in [0.1, 0.15) is 0 Å². The fraction of sp³-hybridized carbons (Fsp3) is 0.273. The van der Waals surface area contributed by atoms with Crippen LogP contribution in [0.25, 0.3) is 10.1 Å². The second-order valence-corrected chi connectivity index (χ2v) is 4.28. The molecule has 1 aromatic heterocycles. The van der Waals surface area contributed by atoms with E-state index in [0.29, 0.717) is 0 Å². The molecule has 1 N–H and O–H groups in total. The average molecular weight is 208 g/mol. The van der Waals surface area contributed by atoms with E-state index >= 15 is 0 Å². The molecule has 0 aliphatic rings. The highest BCUT2D eigenvalue weighted by molar-refractivity contribution is 7.21. The Morgan fingerprint density at radius 1 is 1.36 bits per heavy atom. The zero-order chi connectivity index (χ0) is 10.1. The first-order valence-corrected chi connectivity index (χ1v) is 5.24. The topological polar surface area (TPSA) is 29.5 Å². The molecule has 0 fully saturated rings. The summed E-state index contributed by atoms with van der Waals surface area (Å²) in [6.45, 7) is 2.12. The first kappa shape index (κ1) is 9.49. The maximum absolute atomic E-state index is 9.21. The Morgan fingerprint density at radius 2 is 2.14 bits per heavy atom. The molecule has 74 valence electrons. The summed E-state index contributed by atoms with van der Waals surface area (Å²) < 4.78 is 6.30. The summed E-state index contributed by atoms with van der Waals surface area (Å²) in [6, 6.07) is 6.12. The van der Waals surface area contributed by atoms with E-state index < -0.39 is 0 Å². The lowest BCUT2D eigenvalue weighted by atomic mass is 10.1. The first-order chi connectivity index (χ1) is 6.74. The van der Waals surface area contributed by atoms with Crippen molar-refractivity contribution < 1.29 is 9.84 Å². The third-order valence-corrected chi connectivity index (χ3v) is 3.37. The zero-order valence-corrected chi connectivity index (χ0v) is 9.02. The summed E-state index contributed by atoms with van der Waals surface area (Å²) in [4.78, 5) is 0. The molecule has 0 unspecified atom stereocenters. The molecule has 0 bridgehead atoms. The van der Waals surface area contributed by atoms with E-state index in [4.69, 9.17) is 4.74 Å². The van der Waals surface area contributed by atoms with Crippen LogP contribution in [0.4, 0.5) is 0 Å². The lowest BCUT2D eigenvalue weighted by Gasteiger charge is -2.00. The number of aliphatic hydroxyl groups is 1. The van der Waals surface area contributed by atoms with Crippen molar-refractivity contribution >= 4 is 21.4 Å². The highest BCUT2D eigenvalue weighted by Gasteiger charge is 2.06. The van der Waals surface area contributed by atoms with Gasteiger partial charge in [-0.25, -0.2) is 0 Å². The molecule has 0 amide bonds. The SMILES string of the molecule is COc1cc2cc(C)cc(CO)c2s1. The number of benzene rings is 1. The number of thiophene rings is 1. The van der Waals surface area contributed by atoms with Crippen LogP contribution in [0.1, 0.15) is 11.1 Å². The molecule has 0 saturated carbocycles. The van der Waals surface area contributed by atoms with Crippen molar-refractivity contribution in [2.24, 2.45) is 0 Å². The van der Waals surface area contributed by atoms with Crippen molar-refractivity contribution in [1.29, 1.82) is 0 Å². The minimum absolute atomic E-state index is 0.0852. The number of ether oxygens (including phenoxy) is 1. The van der Waals surface area contributed by atoms with Crippen molar-refractivity contribution in [3.05, 3.63) is 29.3 Å². The summed E-state index contributed by atoms with van der Waals surface area (Å²) in [7, 11) is 1.66. The normalized spacial score (nSPS) is 10.8. The standard InChI is InChI=1S/C11H12O2S/c1-7-3-8-5-10(13-2)14-11(8)9(4-7)6-12/h3-5,12H,6H2,1-2H3. The monoisotopic (exact) mass is 208 g/mol. The number of methoxy groups -OCH3 is 1. The second-order valence-electron chi connectivity index (χ2n) is 3.27. The number of rotatable bonds is 2. The van der Waals surface area contributed by atoms with Gasteiger partial charge in [0.2, 0.25) is 0 Å². The Balaban J connectivity index is 2.71. The number of aryl methyl sites for hydroxylation is 1. The second kappa shape index (κ2) is 3.59. The molecule has 0 aliphatic carbocycles. The Labute approximate surface area is 86.8 Å². The Morgan fingerprint density at radius 3 is 2.79 bits per heavy atom. The minimum atomic E-state index is 0.0852. The van der Waals surface area contributed by atoms with Gasteiger partial charge in [-0.1, -0.05) is 29.0 Å². The summed E-state index contributed by atoms with van der Waals surface area (Å²) >= 11 is 1.57. The van der Waals surface area contributed by atoms with Gasteiger partial charge in [-0.05, 0) is 23.9 Å². The molecular formula is C11H12O2S. The average Bonchev–Trinajstić information content (AvgIpc) is 2.59. The number of hydrogen-bond acceptors (Lipinski definition) is 3. The van der Waals surface area contributed by atoms with Crippen molar-refractivity contribution in [2.45, 2.75) is 13.5 Å². The van der Waals surface area contributed by atoms with Crippen molar-refractivity contribution in [2.75, 3.05) is 7.11 Å². The van der Waals surface area contributed by atoms with E-state index in [1.165, 1.54) is 5.56 Å². The van der Waals surface area contributed by atoms with Crippen molar-refractivity contribution in [3.8, 4) is 5.06 Å². The van der Waals surface area contributed by atoms with Crippen LogP contribution in [0, 0.1) is 6.92 Å². The van der Waals surface area contributed by atoms with E-state index in [1.54, 1.807) is 18.4 Å². The third kappa shape index (κ3) is 1.49. The van der Waals surface area contributed by atoms with Crippen LogP contribution in [0.15, 0.2) is 18.2 Å². The lowest BCUT2D eigenvalue weighted by Crippen LogP contribution is -1.84. The van der Waals surface area contributed by atoms with Crippen LogP contribution in [-0.2, 0) is 6.61 Å². The van der Waals surface area contributed by atoms with E-state index in [9.17, 15) is 5.11 Å². The number of hydrogen-bond donors (Lipinski definition) is 1. The smallest absolute Gasteiger partial charge is 0.174 e. The van der Waals surface area contributed by atoms with Crippen LogP contribution in [0.2, 0.25) is 0 Å². The van der Waals surface area contributed by atoms with Crippen LogP contribution >= 0.6 is 11.3 Å². The largest absolute Gasteiger partial charge is 0.487 e. The third-order valence-electron chi connectivity index (χ3n) is 2.19. The summed E-state index contributed by atoms with van der Waals surface area (Å²) in [5.41, 5.74) is 2.15. The Hall–Kier alpha value is -1.06. The molecule has 0 radical (unpaired) electrons. The summed E-state index contributed by atoms with van der Waals surface area (Å²) in [5.74, 6) is 0. The van der Waals surface area contributed by atoms with Gasteiger partial charge in [-0.3, -0.25) is 0 Å². The van der Waals surface area contributed by atoms with E-state index in [0.717, 1.165) is 20.7 Å². The van der Waals surface area contributed by atoms with E-state index in [1.807, 2.05) is 19.1 Å². The molecule has 0 saturated heterocycles. The van der Waals surface area contributed by atoms with Crippen LogP contribution in [0.3, 0.4) is 0 Å². The maximum atomic E-state index is 9.21. The molecule has 1 aromatic carbocycles. The van der Waals surface area contributed by atoms with Crippen LogP contribution < -0.4 is 4.74 Å². The molecule has 2 nitrogen and oxygen atoms in total.